The second kappa shape index (κ2) is 9.08. The molecule has 0 radical (unpaired) electrons. The summed E-state index contributed by atoms with van der Waals surface area (Å²) in [6.45, 7) is 2.82. The first-order valence-electron chi connectivity index (χ1n) is 9.48. The SMILES string of the molecule is CCCCCCOc1ccc(NC(=O)c2c(O)c3ccccc3[nH]c2=O)cc1. The van der Waals surface area contributed by atoms with Gasteiger partial charge in [0.1, 0.15) is 17.1 Å². The molecule has 3 rings (SSSR count). The number of hydrogen-bond acceptors (Lipinski definition) is 4. The average molecular weight is 380 g/mol. The van der Waals surface area contributed by atoms with Gasteiger partial charge in [0.25, 0.3) is 11.5 Å². The van der Waals surface area contributed by atoms with Crippen molar-refractivity contribution in [2.24, 2.45) is 0 Å². The van der Waals surface area contributed by atoms with Crippen LogP contribution >= 0.6 is 0 Å². The van der Waals surface area contributed by atoms with Crippen molar-refractivity contribution >= 4 is 22.5 Å². The Bertz CT molecular complexity index is 1010. The van der Waals surface area contributed by atoms with Crippen molar-refractivity contribution in [3.05, 3.63) is 64.4 Å². The maximum atomic E-state index is 12.5. The van der Waals surface area contributed by atoms with Gasteiger partial charge < -0.3 is 20.1 Å². The summed E-state index contributed by atoms with van der Waals surface area (Å²) in [5, 5.41) is 13.4. The number of fused-ring (bicyclic) bond motifs is 1. The number of carbonyl (C=O) groups excluding carboxylic acids is 1. The van der Waals surface area contributed by atoms with Crippen LogP contribution in [0.1, 0.15) is 43.0 Å². The monoisotopic (exact) mass is 380 g/mol. The van der Waals surface area contributed by atoms with E-state index >= 15 is 0 Å². The number of H-pyrrole nitrogens is 1. The molecule has 3 aromatic rings. The molecule has 0 aliphatic carbocycles. The normalized spacial score (nSPS) is 10.8. The van der Waals surface area contributed by atoms with Crippen molar-refractivity contribution in [3.8, 4) is 11.5 Å². The molecule has 3 N–H and O–H groups in total. The number of unbranched alkanes of at least 4 members (excludes halogenated alkanes) is 3. The second-order valence-corrected chi connectivity index (χ2v) is 6.61. The Labute approximate surface area is 163 Å². The third-order valence-electron chi connectivity index (χ3n) is 4.50. The average Bonchev–Trinajstić information content (AvgIpc) is 2.69. The molecule has 0 unspecified atom stereocenters. The molecule has 28 heavy (non-hydrogen) atoms. The third kappa shape index (κ3) is 4.52. The van der Waals surface area contributed by atoms with Gasteiger partial charge in [-0.25, -0.2) is 0 Å². The lowest BCUT2D eigenvalue weighted by Gasteiger charge is -2.10. The molecule has 0 bridgehead atoms. The Hall–Kier alpha value is -3.28. The van der Waals surface area contributed by atoms with Gasteiger partial charge in [0, 0.05) is 11.1 Å². The second-order valence-electron chi connectivity index (χ2n) is 6.61. The maximum Gasteiger partial charge on any atom is 0.265 e. The first-order valence-corrected chi connectivity index (χ1v) is 9.48. The number of carbonyl (C=O) groups is 1. The Morgan fingerprint density at radius 2 is 1.82 bits per heavy atom. The van der Waals surface area contributed by atoms with Crippen LogP contribution in [0.15, 0.2) is 53.3 Å². The summed E-state index contributed by atoms with van der Waals surface area (Å²) < 4.78 is 5.68. The van der Waals surface area contributed by atoms with Crippen LogP contribution in [-0.4, -0.2) is 22.6 Å². The van der Waals surface area contributed by atoms with Crippen LogP contribution in [0.5, 0.6) is 11.5 Å². The zero-order chi connectivity index (χ0) is 19.9. The number of aromatic amines is 1. The fourth-order valence-electron chi connectivity index (χ4n) is 2.98. The van der Waals surface area contributed by atoms with Crippen LogP contribution in [-0.2, 0) is 0 Å². The van der Waals surface area contributed by atoms with Gasteiger partial charge in [-0.15, -0.1) is 0 Å². The summed E-state index contributed by atoms with van der Waals surface area (Å²) in [7, 11) is 0. The molecule has 0 saturated heterocycles. The maximum absolute atomic E-state index is 12.5. The molecule has 0 saturated carbocycles. The highest BCUT2D eigenvalue weighted by Gasteiger charge is 2.19. The lowest BCUT2D eigenvalue weighted by molar-refractivity contribution is 0.102. The Morgan fingerprint density at radius 1 is 1.07 bits per heavy atom. The van der Waals surface area contributed by atoms with Gasteiger partial charge in [0.15, 0.2) is 0 Å². The number of anilines is 1. The van der Waals surface area contributed by atoms with E-state index in [2.05, 4.69) is 17.2 Å². The molecule has 6 nitrogen and oxygen atoms in total. The highest BCUT2D eigenvalue weighted by molar-refractivity contribution is 6.08. The van der Waals surface area contributed by atoms with Crippen molar-refractivity contribution in [1.29, 1.82) is 0 Å². The van der Waals surface area contributed by atoms with Gasteiger partial charge in [-0.3, -0.25) is 9.59 Å². The van der Waals surface area contributed by atoms with Crippen LogP contribution in [0.25, 0.3) is 10.9 Å². The summed E-state index contributed by atoms with van der Waals surface area (Å²) in [5.74, 6) is -0.275. The number of amides is 1. The molecular weight excluding hydrogens is 356 g/mol. The number of aromatic nitrogens is 1. The molecule has 1 aromatic heterocycles. The van der Waals surface area contributed by atoms with E-state index in [1.807, 2.05) is 0 Å². The van der Waals surface area contributed by atoms with E-state index < -0.39 is 11.5 Å². The van der Waals surface area contributed by atoms with E-state index in [0.717, 1.165) is 18.6 Å². The summed E-state index contributed by atoms with van der Waals surface area (Å²) in [6, 6.07) is 13.7. The van der Waals surface area contributed by atoms with Crippen molar-refractivity contribution in [2.75, 3.05) is 11.9 Å². The van der Waals surface area contributed by atoms with Crippen molar-refractivity contribution in [2.45, 2.75) is 32.6 Å². The minimum Gasteiger partial charge on any atom is -0.506 e. The minimum atomic E-state index is -0.669. The predicted molar refractivity (Wildman–Crippen MR) is 110 cm³/mol. The number of nitrogens with one attached hydrogen (secondary N) is 2. The Kier molecular flexibility index (Phi) is 6.32. The zero-order valence-corrected chi connectivity index (χ0v) is 15.8. The molecule has 1 amide bonds. The van der Waals surface area contributed by atoms with Gasteiger partial charge in [0.05, 0.1) is 12.1 Å². The van der Waals surface area contributed by atoms with Gasteiger partial charge in [-0.1, -0.05) is 38.3 Å². The Morgan fingerprint density at radius 3 is 2.57 bits per heavy atom. The van der Waals surface area contributed by atoms with Crippen LogP contribution in [0.4, 0.5) is 5.69 Å². The third-order valence-corrected chi connectivity index (χ3v) is 4.50. The molecule has 146 valence electrons. The molecule has 0 aliphatic rings. The predicted octanol–water partition coefficient (Wildman–Crippen LogP) is 4.45. The molecule has 2 aromatic carbocycles. The quantitative estimate of drug-likeness (QED) is 0.504. The number of aromatic hydroxyl groups is 1. The van der Waals surface area contributed by atoms with E-state index in [4.69, 9.17) is 4.74 Å². The van der Waals surface area contributed by atoms with Crippen molar-refractivity contribution in [1.82, 2.24) is 4.98 Å². The highest BCUT2D eigenvalue weighted by atomic mass is 16.5. The lowest BCUT2D eigenvalue weighted by Crippen LogP contribution is -2.23. The van der Waals surface area contributed by atoms with Crippen molar-refractivity contribution in [3.63, 3.8) is 0 Å². The highest BCUT2D eigenvalue weighted by Crippen LogP contribution is 2.25. The van der Waals surface area contributed by atoms with Crippen LogP contribution in [0, 0.1) is 0 Å². The molecule has 0 spiro atoms. The number of rotatable bonds is 8. The number of para-hydroxylation sites is 1. The fourth-order valence-corrected chi connectivity index (χ4v) is 2.98. The van der Waals surface area contributed by atoms with E-state index in [1.54, 1.807) is 48.5 Å². The van der Waals surface area contributed by atoms with Gasteiger partial charge >= 0.3 is 0 Å². The summed E-state index contributed by atoms with van der Waals surface area (Å²) in [5.41, 5.74) is 0.0352. The van der Waals surface area contributed by atoms with Crippen LogP contribution in [0.3, 0.4) is 0 Å². The number of benzene rings is 2. The largest absolute Gasteiger partial charge is 0.506 e. The molecule has 0 atom stereocenters. The molecule has 1 heterocycles. The first-order chi connectivity index (χ1) is 13.6. The molecular formula is C22H24N2O4. The molecule has 0 fully saturated rings. The standard InChI is InChI=1S/C22H24N2O4/c1-2-3-4-7-14-28-16-12-10-15(11-13-16)23-21(26)19-20(25)17-8-5-6-9-18(17)24-22(19)27/h5-6,8-13H,2-4,7,14H2,1H3,(H,23,26)(H2,24,25,27). The van der Waals surface area contributed by atoms with E-state index in [9.17, 15) is 14.7 Å². The van der Waals surface area contributed by atoms with Crippen molar-refractivity contribution < 1.29 is 14.6 Å². The van der Waals surface area contributed by atoms with Gasteiger partial charge in [-0.2, -0.15) is 0 Å². The summed E-state index contributed by atoms with van der Waals surface area (Å²) >= 11 is 0. The summed E-state index contributed by atoms with van der Waals surface area (Å²) in [4.78, 5) is 27.4. The zero-order valence-electron chi connectivity index (χ0n) is 15.8. The Balaban J connectivity index is 1.68. The minimum absolute atomic E-state index is 0.310. The lowest BCUT2D eigenvalue weighted by atomic mass is 10.1. The number of hydrogen-bond donors (Lipinski definition) is 3. The molecule has 6 heteroatoms. The number of ether oxygens (including phenoxy) is 1. The van der Waals surface area contributed by atoms with E-state index in [1.165, 1.54) is 12.8 Å². The van der Waals surface area contributed by atoms with Crippen LogP contribution < -0.4 is 15.6 Å². The van der Waals surface area contributed by atoms with E-state index in [0.29, 0.717) is 23.2 Å². The van der Waals surface area contributed by atoms with Gasteiger partial charge in [-0.05, 0) is 42.8 Å². The fraction of sp³-hybridized carbons (Fsp3) is 0.273. The number of pyridine rings is 1. The van der Waals surface area contributed by atoms with E-state index in [-0.39, 0.29) is 11.3 Å². The van der Waals surface area contributed by atoms with Crippen LogP contribution in [0.2, 0.25) is 0 Å². The smallest absolute Gasteiger partial charge is 0.265 e. The molecule has 0 aliphatic heterocycles. The topological polar surface area (TPSA) is 91.4 Å². The summed E-state index contributed by atoms with van der Waals surface area (Å²) in [6.07, 6.45) is 4.55. The van der Waals surface area contributed by atoms with Gasteiger partial charge in [0.2, 0.25) is 0 Å². The first kappa shape index (κ1) is 19.5.